The van der Waals surface area contributed by atoms with E-state index in [9.17, 15) is 8.78 Å². The molecule has 0 amide bonds. The van der Waals surface area contributed by atoms with Crippen LogP contribution in [0.4, 0.5) is 8.78 Å². The molecule has 21 heavy (non-hydrogen) atoms. The summed E-state index contributed by atoms with van der Waals surface area (Å²) in [5.74, 6) is -0.470. The number of piperidine rings is 1. The first-order valence-corrected chi connectivity index (χ1v) is 7.15. The van der Waals surface area contributed by atoms with Gasteiger partial charge in [0.2, 0.25) is 0 Å². The summed E-state index contributed by atoms with van der Waals surface area (Å²) in [5.41, 5.74) is 6.59. The fourth-order valence-electron chi connectivity index (χ4n) is 2.46. The molecule has 2 N–H and O–H groups in total. The van der Waals surface area contributed by atoms with E-state index < -0.39 is 11.6 Å². The Morgan fingerprint density at radius 2 is 1.71 bits per heavy atom. The van der Waals surface area contributed by atoms with Crippen LogP contribution in [0, 0.1) is 11.6 Å². The van der Waals surface area contributed by atoms with Crippen LogP contribution in [0.2, 0.25) is 0 Å². The number of likely N-dealkylation sites (tertiary alicyclic amines) is 1. The average Bonchev–Trinajstić information content (AvgIpc) is 2.43. The highest BCUT2D eigenvalue weighted by Crippen LogP contribution is 2.10. The van der Waals surface area contributed by atoms with Crippen molar-refractivity contribution in [2.24, 2.45) is 10.7 Å². The van der Waals surface area contributed by atoms with Crippen molar-refractivity contribution in [2.45, 2.75) is 32.1 Å². The average molecular weight is 409 g/mol. The fraction of sp³-hybridized carbons (Fsp3) is 0.533. The van der Waals surface area contributed by atoms with Gasteiger partial charge in [0.1, 0.15) is 11.6 Å². The third-order valence-corrected chi connectivity index (χ3v) is 3.50. The second-order valence-corrected chi connectivity index (χ2v) is 5.17. The van der Waals surface area contributed by atoms with Crippen molar-refractivity contribution in [3.8, 4) is 0 Å². The number of aliphatic imine (C=N–C) groups is 1. The minimum absolute atomic E-state index is 0. The first-order chi connectivity index (χ1) is 9.65. The van der Waals surface area contributed by atoms with Crippen LogP contribution in [0.25, 0.3) is 0 Å². The lowest BCUT2D eigenvalue weighted by Crippen LogP contribution is -2.40. The highest BCUT2D eigenvalue weighted by atomic mass is 127. The van der Waals surface area contributed by atoms with Crippen LogP contribution >= 0.6 is 24.0 Å². The summed E-state index contributed by atoms with van der Waals surface area (Å²) in [6, 6.07) is 3.61. The van der Waals surface area contributed by atoms with Crippen LogP contribution in [0.1, 0.15) is 31.2 Å². The molecule has 1 aliphatic heterocycles. The van der Waals surface area contributed by atoms with Crippen molar-refractivity contribution in [1.82, 2.24) is 4.90 Å². The van der Waals surface area contributed by atoms with Crippen LogP contribution in [0.15, 0.2) is 23.2 Å². The first kappa shape index (κ1) is 18.1. The van der Waals surface area contributed by atoms with Crippen molar-refractivity contribution < 1.29 is 8.78 Å². The van der Waals surface area contributed by atoms with Crippen molar-refractivity contribution in [3.05, 3.63) is 35.4 Å². The summed E-state index contributed by atoms with van der Waals surface area (Å²) in [5, 5.41) is 0. The Morgan fingerprint density at radius 3 is 2.33 bits per heavy atom. The Morgan fingerprint density at radius 1 is 1.10 bits per heavy atom. The molecule has 6 heteroatoms. The van der Waals surface area contributed by atoms with E-state index in [1.807, 2.05) is 0 Å². The number of nitrogens with zero attached hydrogens (tertiary/aromatic N) is 2. The molecule has 0 radical (unpaired) electrons. The zero-order chi connectivity index (χ0) is 14.4. The highest BCUT2D eigenvalue weighted by Gasteiger charge is 2.11. The molecule has 0 aromatic heterocycles. The van der Waals surface area contributed by atoms with E-state index in [1.165, 1.54) is 31.4 Å². The molecular formula is C15H22F2IN3. The Labute approximate surface area is 141 Å². The van der Waals surface area contributed by atoms with Crippen LogP contribution < -0.4 is 5.73 Å². The van der Waals surface area contributed by atoms with Gasteiger partial charge in [-0.2, -0.15) is 0 Å². The van der Waals surface area contributed by atoms with E-state index in [4.69, 9.17) is 5.73 Å². The maximum atomic E-state index is 13.0. The van der Waals surface area contributed by atoms with Crippen molar-refractivity contribution in [1.29, 1.82) is 0 Å². The Bertz CT molecular complexity index is 454. The lowest BCUT2D eigenvalue weighted by molar-refractivity contribution is 0.338. The summed E-state index contributed by atoms with van der Waals surface area (Å²) in [6.45, 7) is 2.54. The maximum Gasteiger partial charge on any atom is 0.191 e. The predicted octanol–water partition coefficient (Wildman–Crippen LogP) is 3.32. The van der Waals surface area contributed by atoms with Gasteiger partial charge in [0.25, 0.3) is 0 Å². The second kappa shape index (κ2) is 9.17. The summed E-state index contributed by atoms with van der Waals surface area (Å²) in [7, 11) is 0. The topological polar surface area (TPSA) is 41.6 Å². The normalized spacial score (nSPS) is 15.7. The van der Waals surface area contributed by atoms with E-state index in [0.29, 0.717) is 24.5 Å². The van der Waals surface area contributed by atoms with Crippen molar-refractivity contribution in [2.75, 3.05) is 19.6 Å². The molecule has 1 aromatic rings. The molecule has 1 aliphatic rings. The number of aryl methyl sites for hydroxylation is 1. The number of hydrogen-bond acceptors (Lipinski definition) is 1. The molecule has 1 fully saturated rings. The molecule has 0 atom stereocenters. The van der Waals surface area contributed by atoms with Gasteiger partial charge in [-0.25, -0.2) is 8.78 Å². The van der Waals surface area contributed by atoms with Crippen LogP contribution in [0.5, 0.6) is 0 Å². The Hall–Kier alpha value is -0.920. The molecule has 0 unspecified atom stereocenters. The monoisotopic (exact) mass is 409 g/mol. The lowest BCUT2D eigenvalue weighted by atomic mass is 10.1. The molecule has 0 spiro atoms. The predicted molar refractivity (Wildman–Crippen MR) is 92.0 cm³/mol. The molecule has 1 saturated heterocycles. The standard InChI is InChI=1S/C15H21F2N3.HI/c16-13-9-12(10-14(17)11-13)5-4-6-19-15(18)20-7-2-1-3-8-20;/h9-11H,1-8H2,(H2,18,19);1H. The molecule has 3 nitrogen and oxygen atoms in total. The van der Waals surface area contributed by atoms with E-state index in [0.717, 1.165) is 25.6 Å². The third kappa shape index (κ3) is 6.15. The van der Waals surface area contributed by atoms with E-state index in [-0.39, 0.29) is 24.0 Å². The summed E-state index contributed by atoms with van der Waals surface area (Å²) < 4.78 is 26.0. The Balaban J connectivity index is 0.00000220. The number of halogens is 3. The fourth-order valence-corrected chi connectivity index (χ4v) is 2.46. The minimum Gasteiger partial charge on any atom is -0.370 e. The number of nitrogens with two attached hydrogens (primary N) is 1. The van der Waals surface area contributed by atoms with Gasteiger partial charge in [-0.05, 0) is 49.8 Å². The zero-order valence-electron chi connectivity index (χ0n) is 12.0. The first-order valence-electron chi connectivity index (χ1n) is 7.15. The molecule has 0 saturated carbocycles. The van der Waals surface area contributed by atoms with Gasteiger partial charge < -0.3 is 10.6 Å². The van der Waals surface area contributed by atoms with Crippen LogP contribution in [-0.4, -0.2) is 30.5 Å². The van der Waals surface area contributed by atoms with Crippen molar-refractivity contribution in [3.63, 3.8) is 0 Å². The van der Waals surface area contributed by atoms with E-state index in [2.05, 4.69) is 9.89 Å². The zero-order valence-corrected chi connectivity index (χ0v) is 14.4. The molecule has 118 valence electrons. The van der Waals surface area contributed by atoms with Gasteiger partial charge in [-0.3, -0.25) is 4.99 Å². The number of guanidine groups is 1. The molecular weight excluding hydrogens is 387 g/mol. The SMILES string of the molecule is I.NC(=NCCCc1cc(F)cc(F)c1)N1CCCCC1. The van der Waals surface area contributed by atoms with Gasteiger partial charge in [0.15, 0.2) is 5.96 Å². The van der Waals surface area contributed by atoms with Gasteiger partial charge in [-0.15, -0.1) is 24.0 Å². The Kier molecular flexibility index (Phi) is 7.92. The molecule has 0 aliphatic carbocycles. The molecule has 1 heterocycles. The number of rotatable bonds is 4. The smallest absolute Gasteiger partial charge is 0.191 e. The third-order valence-electron chi connectivity index (χ3n) is 3.50. The maximum absolute atomic E-state index is 13.0. The van der Waals surface area contributed by atoms with Gasteiger partial charge in [0.05, 0.1) is 0 Å². The van der Waals surface area contributed by atoms with E-state index >= 15 is 0 Å². The summed E-state index contributed by atoms with van der Waals surface area (Å²) in [4.78, 5) is 6.44. The molecule has 2 rings (SSSR count). The van der Waals surface area contributed by atoms with Crippen LogP contribution in [-0.2, 0) is 6.42 Å². The van der Waals surface area contributed by atoms with Gasteiger partial charge in [-0.1, -0.05) is 0 Å². The number of hydrogen-bond donors (Lipinski definition) is 1. The largest absolute Gasteiger partial charge is 0.370 e. The van der Waals surface area contributed by atoms with E-state index in [1.54, 1.807) is 0 Å². The lowest BCUT2D eigenvalue weighted by Gasteiger charge is -2.27. The summed E-state index contributed by atoms with van der Waals surface area (Å²) >= 11 is 0. The number of benzene rings is 1. The van der Waals surface area contributed by atoms with Gasteiger partial charge >= 0.3 is 0 Å². The second-order valence-electron chi connectivity index (χ2n) is 5.17. The quantitative estimate of drug-likeness (QED) is 0.359. The van der Waals surface area contributed by atoms with Gasteiger partial charge in [0, 0.05) is 25.7 Å². The minimum atomic E-state index is -0.531. The summed E-state index contributed by atoms with van der Waals surface area (Å²) in [6.07, 6.45) is 4.93. The van der Waals surface area contributed by atoms with Crippen LogP contribution in [0.3, 0.4) is 0 Å². The molecule has 0 bridgehead atoms. The highest BCUT2D eigenvalue weighted by molar-refractivity contribution is 14.0. The molecule has 1 aromatic carbocycles. The van der Waals surface area contributed by atoms with Crippen molar-refractivity contribution >= 4 is 29.9 Å².